The molecule has 1 aliphatic rings. The highest BCUT2D eigenvalue weighted by Gasteiger charge is 2.32. The summed E-state index contributed by atoms with van der Waals surface area (Å²) in [5.41, 5.74) is -0.372. The lowest BCUT2D eigenvalue weighted by atomic mass is 9.88. The zero-order chi connectivity index (χ0) is 23.2. The molecule has 174 valence electrons. The van der Waals surface area contributed by atoms with Crippen molar-refractivity contribution in [3.63, 3.8) is 0 Å². The zero-order valence-electron chi connectivity index (χ0n) is 19.0. The first-order valence-electron chi connectivity index (χ1n) is 10.5. The average Bonchev–Trinajstić information content (AvgIpc) is 3.13. The maximum atomic E-state index is 13.4. The van der Waals surface area contributed by atoms with Crippen LogP contribution in [-0.2, 0) is 14.8 Å². The minimum absolute atomic E-state index is 0.0239. The van der Waals surface area contributed by atoms with Gasteiger partial charge < -0.3 is 25.0 Å². The van der Waals surface area contributed by atoms with Gasteiger partial charge in [0.2, 0.25) is 22.7 Å². The number of hydrogen-bond donors (Lipinski definition) is 3. The highest BCUT2D eigenvalue weighted by atomic mass is 32.2. The lowest BCUT2D eigenvalue weighted by Gasteiger charge is -2.33. The van der Waals surface area contributed by atoms with Gasteiger partial charge in [-0.05, 0) is 36.7 Å². The van der Waals surface area contributed by atoms with Gasteiger partial charge in [0.25, 0.3) is 0 Å². The van der Waals surface area contributed by atoms with E-state index < -0.39 is 17.1 Å². The number of hydrogen-bond acceptors (Lipinski definition) is 7. The largest absolute Gasteiger partial charge is 0.454 e. The molecule has 3 N–H and O–H groups in total. The van der Waals surface area contributed by atoms with Crippen molar-refractivity contribution in [1.82, 2.24) is 14.8 Å². The minimum Gasteiger partial charge on any atom is -0.454 e. The van der Waals surface area contributed by atoms with Crippen LogP contribution in [-0.4, -0.2) is 63.7 Å². The predicted molar refractivity (Wildman–Crippen MR) is 119 cm³/mol. The molecule has 11 heteroatoms. The van der Waals surface area contributed by atoms with E-state index in [1.54, 1.807) is 19.0 Å². The third-order valence-electron chi connectivity index (χ3n) is 4.84. The average molecular weight is 455 g/mol. The molecule has 0 saturated carbocycles. The molecule has 0 unspecified atom stereocenters. The van der Waals surface area contributed by atoms with Gasteiger partial charge in [0, 0.05) is 25.7 Å². The Hall–Kier alpha value is -1.82. The summed E-state index contributed by atoms with van der Waals surface area (Å²) in [6.45, 7) is 10.7. The normalized spacial score (nSPS) is 13.7. The van der Waals surface area contributed by atoms with Crippen LogP contribution in [0.15, 0.2) is 23.1 Å². The van der Waals surface area contributed by atoms with E-state index >= 15 is 0 Å². The van der Waals surface area contributed by atoms with Crippen LogP contribution in [0.3, 0.4) is 0 Å². The fourth-order valence-corrected chi connectivity index (χ4v) is 5.05. The molecule has 0 aromatic heterocycles. The topological polar surface area (TPSA) is 117 Å². The van der Waals surface area contributed by atoms with Gasteiger partial charge in [-0.1, -0.05) is 27.7 Å². The van der Waals surface area contributed by atoms with Gasteiger partial charge in [-0.2, -0.15) is 4.31 Å². The Bertz CT molecular complexity index is 860. The molecule has 0 aliphatic carbocycles. The standard InChI is InChI=1S/C20H34BN3O6S/c1-15(2)12-24(13-20(3,4)8-9-22-19(25)11-23-21(5)26)31(27,28)16-6-7-17-18(10-16)30-14-29-17/h6-7,10,15,23,26H,8-9,11-14H2,1-5H3,(H,22,25). The van der Waals surface area contributed by atoms with Gasteiger partial charge in [-0.15, -0.1) is 0 Å². The molecular formula is C20H34BN3O6S. The molecule has 0 saturated heterocycles. The molecule has 1 heterocycles. The molecule has 31 heavy (non-hydrogen) atoms. The molecule has 1 aliphatic heterocycles. The summed E-state index contributed by atoms with van der Waals surface area (Å²) in [5, 5.41) is 14.6. The summed E-state index contributed by atoms with van der Waals surface area (Å²) in [4.78, 5) is 12.0. The molecule has 9 nitrogen and oxygen atoms in total. The quantitative estimate of drug-likeness (QED) is 0.407. The summed E-state index contributed by atoms with van der Waals surface area (Å²) < 4.78 is 38.9. The number of sulfonamides is 1. The number of nitrogens with zero attached hydrogens (tertiary/aromatic N) is 1. The minimum atomic E-state index is -3.74. The highest BCUT2D eigenvalue weighted by molar-refractivity contribution is 7.89. The molecule has 1 amide bonds. The molecule has 0 fully saturated rings. The van der Waals surface area contributed by atoms with Crippen LogP contribution in [0, 0.1) is 11.3 Å². The Morgan fingerprint density at radius 1 is 1.29 bits per heavy atom. The van der Waals surface area contributed by atoms with E-state index in [1.807, 2.05) is 27.7 Å². The number of fused-ring (bicyclic) bond motifs is 1. The van der Waals surface area contributed by atoms with E-state index in [4.69, 9.17) is 9.47 Å². The summed E-state index contributed by atoms with van der Waals surface area (Å²) in [6.07, 6.45) is 0.596. The number of carbonyl (C=O) groups excluding carboxylic acids is 1. The van der Waals surface area contributed by atoms with E-state index in [9.17, 15) is 18.2 Å². The monoisotopic (exact) mass is 455 g/mol. The summed E-state index contributed by atoms with van der Waals surface area (Å²) >= 11 is 0. The molecule has 1 aromatic carbocycles. The molecule has 0 bridgehead atoms. The Balaban J connectivity index is 2.06. The Morgan fingerprint density at radius 2 is 1.97 bits per heavy atom. The maximum Gasteiger partial charge on any atom is 0.374 e. The van der Waals surface area contributed by atoms with Crippen LogP contribution in [0.5, 0.6) is 11.5 Å². The Morgan fingerprint density at radius 3 is 2.61 bits per heavy atom. The highest BCUT2D eigenvalue weighted by Crippen LogP contribution is 2.35. The van der Waals surface area contributed by atoms with Crippen LogP contribution in [0.25, 0.3) is 0 Å². The molecule has 2 rings (SSSR count). The second-order valence-corrected chi connectivity index (χ2v) is 11.0. The van der Waals surface area contributed by atoms with Gasteiger partial charge in [-0.3, -0.25) is 4.79 Å². The maximum absolute atomic E-state index is 13.4. The molecule has 0 atom stereocenters. The predicted octanol–water partition coefficient (Wildman–Crippen LogP) is 1.29. The fraction of sp³-hybridized carbons (Fsp3) is 0.650. The lowest BCUT2D eigenvalue weighted by Crippen LogP contribution is -2.43. The first-order chi connectivity index (χ1) is 14.4. The van der Waals surface area contributed by atoms with Gasteiger partial charge in [0.05, 0.1) is 11.4 Å². The van der Waals surface area contributed by atoms with Crippen molar-refractivity contribution < 1.29 is 27.7 Å². The fourth-order valence-electron chi connectivity index (χ4n) is 3.24. The van der Waals surface area contributed by atoms with Crippen molar-refractivity contribution >= 4 is 23.0 Å². The van der Waals surface area contributed by atoms with Gasteiger partial charge in [0.15, 0.2) is 11.5 Å². The number of rotatable bonds is 12. The summed E-state index contributed by atoms with van der Waals surface area (Å²) in [7, 11) is -4.49. The van der Waals surface area contributed by atoms with E-state index in [-0.39, 0.29) is 35.5 Å². The second kappa shape index (κ2) is 10.7. The van der Waals surface area contributed by atoms with Crippen LogP contribution in [0.4, 0.5) is 0 Å². The van der Waals surface area contributed by atoms with Crippen molar-refractivity contribution in [1.29, 1.82) is 0 Å². The summed E-state index contributed by atoms with van der Waals surface area (Å²) in [6, 6.07) is 4.66. The number of nitrogens with one attached hydrogen (secondary N) is 2. The number of amides is 1. The third-order valence-corrected chi connectivity index (χ3v) is 6.64. The molecular weight excluding hydrogens is 421 g/mol. The van der Waals surface area contributed by atoms with Crippen molar-refractivity contribution in [2.75, 3.05) is 33.0 Å². The Kier molecular flexibility index (Phi) is 8.76. The van der Waals surface area contributed by atoms with E-state index in [2.05, 4.69) is 10.5 Å². The van der Waals surface area contributed by atoms with Gasteiger partial charge in [0.1, 0.15) is 0 Å². The smallest absolute Gasteiger partial charge is 0.374 e. The van der Waals surface area contributed by atoms with E-state index in [1.165, 1.54) is 10.4 Å². The Labute approximate surface area is 185 Å². The second-order valence-electron chi connectivity index (χ2n) is 9.03. The van der Waals surface area contributed by atoms with Crippen LogP contribution < -0.4 is 20.0 Å². The molecule has 0 radical (unpaired) electrons. The van der Waals surface area contributed by atoms with E-state index in [0.29, 0.717) is 37.6 Å². The van der Waals surface area contributed by atoms with Crippen LogP contribution >= 0.6 is 0 Å². The summed E-state index contributed by atoms with van der Waals surface area (Å²) in [5.74, 6) is 0.892. The van der Waals surface area contributed by atoms with Crippen molar-refractivity contribution in [3.05, 3.63) is 18.2 Å². The van der Waals surface area contributed by atoms with Crippen LogP contribution in [0.1, 0.15) is 34.1 Å². The SMILES string of the molecule is CB(O)NCC(=O)NCCC(C)(C)CN(CC(C)C)S(=O)(=O)c1ccc2c(c1)OCO2. The number of ether oxygens (including phenoxy) is 2. The number of benzene rings is 1. The lowest BCUT2D eigenvalue weighted by molar-refractivity contribution is -0.120. The number of carbonyl (C=O) groups is 1. The van der Waals surface area contributed by atoms with Crippen LogP contribution in [0.2, 0.25) is 6.82 Å². The first-order valence-corrected chi connectivity index (χ1v) is 11.9. The van der Waals surface area contributed by atoms with E-state index in [0.717, 1.165) is 0 Å². The van der Waals surface area contributed by atoms with Gasteiger partial charge in [-0.25, -0.2) is 8.42 Å². The van der Waals surface area contributed by atoms with Crippen molar-refractivity contribution in [2.24, 2.45) is 11.3 Å². The molecule has 1 aromatic rings. The van der Waals surface area contributed by atoms with Gasteiger partial charge >= 0.3 is 7.05 Å². The first kappa shape index (κ1) is 25.4. The molecule has 0 spiro atoms. The zero-order valence-corrected chi connectivity index (χ0v) is 19.8. The van der Waals surface area contributed by atoms with Crippen molar-refractivity contribution in [2.45, 2.75) is 45.8 Å². The van der Waals surface area contributed by atoms with Crippen molar-refractivity contribution in [3.8, 4) is 11.5 Å². The third kappa shape index (κ3) is 7.67.